The lowest BCUT2D eigenvalue weighted by Gasteiger charge is -2.25. The fraction of sp³-hybridized carbons (Fsp3) is 0.364. The van der Waals surface area contributed by atoms with Crippen LogP contribution in [-0.4, -0.2) is 26.2 Å². The third-order valence-electron chi connectivity index (χ3n) is 2.89. The highest BCUT2D eigenvalue weighted by atomic mass is 31.2. The molecule has 1 aromatic carbocycles. The second-order valence-corrected chi connectivity index (χ2v) is 5.76. The number of carbonyl (C=O) groups is 1. The van der Waals surface area contributed by atoms with E-state index in [1.165, 1.54) is 25.1 Å². The van der Waals surface area contributed by atoms with Crippen molar-refractivity contribution in [2.45, 2.75) is 25.8 Å². The summed E-state index contributed by atoms with van der Waals surface area (Å²) in [5.41, 5.74) is 1.96. The van der Waals surface area contributed by atoms with Gasteiger partial charge in [-0.1, -0.05) is 6.07 Å². The first kappa shape index (κ1) is 16.6. The number of carbonyl (C=O) groups excluding carboxylic acids is 1. The Hall–Kier alpha value is -1.44. The first-order valence-electron chi connectivity index (χ1n) is 5.63. The van der Waals surface area contributed by atoms with Crippen molar-refractivity contribution in [1.29, 1.82) is 0 Å². The number of benzene rings is 1. The molecule has 0 aliphatic heterocycles. The minimum atomic E-state index is -4.74. The maximum absolute atomic E-state index is 11.5. The highest BCUT2D eigenvalue weighted by Crippen LogP contribution is 2.41. The summed E-state index contributed by atoms with van der Waals surface area (Å²) in [5, 5.41) is 9.66. The van der Waals surface area contributed by atoms with Crippen molar-refractivity contribution in [3.05, 3.63) is 23.8 Å². The quantitative estimate of drug-likeness (QED) is 0.285. The SMILES string of the molecule is CC(=O)[C@](C)(Cc1ccc(OP(=O)(O)O)c(O)c1)NN. The van der Waals surface area contributed by atoms with Gasteiger partial charge >= 0.3 is 7.82 Å². The molecule has 1 rings (SSSR count). The number of rotatable bonds is 6. The van der Waals surface area contributed by atoms with Gasteiger partial charge in [-0.05, 0) is 38.0 Å². The smallest absolute Gasteiger partial charge is 0.504 e. The van der Waals surface area contributed by atoms with Gasteiger partial charge in [0.15, 0.2) is 17.3 Å². The Labute approximate surface area is 115 Å². The van der Waals surface area contributed by atoms with E-state index < -0.39 is 19.1 Å². The van der Waals surface area contributed by atoms with Crippen molar-refractivity contribution in [2.24, 2.45) is 5.84 Å². The summed E-state index contributed by atoms with van der Waals surface area (Å²) in [5.74, 6) is 4.38. The van der Waals surface area contributed by atoms with E-state index in [-0.39, 0.29) is 18.0 Å². The zero-order chi connectivity index (χ0) is 15.6. The normalized spacial score (nSPS) is 14.7. The van der Waals surface area contributed by atoms with Crippen molar-refractivity contribution < 1.29 is 28.8 Å². The van der Waals surface area contributed by atoms with Crippen LogP contribution in [0.25, 0.3) is 0 Å². The molecule has 0 radical (unpaired) electrons. The highest BCUT2D eigenvalue weighted by molar-refractivity contribution is 7.46. The van der Waals surface area contributed by atoms with E-state index in [4.69, 9.17) is 15.6 Å². The van der Waals surface area contributed by atoms with Gasteiger partial charge in [-0.2, -0.15) is 0 Å². The molecular formula is C11H17N2O6P. The number of phenols is 1. The zero-order valence-electron chi connectivity index (χ0n) is 11.0. The van der Waals surface area contributed by atoms with Crippen LogP contribution in [0.2, 0.25) is 0 Å². The van der Waals surface area contributed by atoms with Gasteiger partial charge in [0.05, 0.1) is 5.54 Å². The summed E-state index contributed by atoms with van der Waals surface area (Å²) in [6, 6.07) is 3.94. The molecule has 0 amide bonds. The van der Waals surface area contributed by atoms with Gasteiger partial charge < -0.3 is 9.63 Å². The molecule has 8 nitrogen and oxygen atoms in total. The molecule has 0 aromatic heterocycles. The summed E-state index contributed by atoms with van der Waals surface area (Å²) in [4.78, 5) is 28.8. The Balaban J connectivity index is 2.98. The maximum Gasteiger partial charge on any atom is 0.524 e. The van der Waals surface area contributed by atoms with E-state index in [1.54, 1.807) is 6.92 Å². The molecule has 0 aliphatic rings. The van der Waals surface area contributed by atoms with E-state index in [0.29, 0.717) is 5.56 Å². The van der Waals surface area contributed by atoms with E-state index >= 15 is 0 Å². The van der Waals surface area contributed by atoms with Crippen molar-refractivity contribution in [1.82, 2.24) is 5.43 Å². The zero-order valence-corrected chi connectivity index (χ0v) is 11.9. The van der Waals surface area contributed by atoms with Crippen LogP contribution in [-0.2, 0) is 15.8 Å². The fourth-order valence-corrected chi connectivity index (χ4v) is 1.97. The number of hydrogen-bond acceptors (Lipinski definition) is 6. The van der Waals surface area contributed by atoms with E-state index in [2.05, 4.69) is 9.95 Å². The Kier molecular flexibility index (Phi) is 4.90. The van der Waals surface area contributed by atoms with Gasteiger partial charge in [-0.15, -0.1) is 0 Å². The number of nitrogens with one attached hydrogen (secondary N) is 1. The lowest BCUT2D eigenvalue weighted by atomic mass is 9.90. The van der Waals surface area contributed by atoms with Gasteiger partial charge in [0, 0.05) is 0 Å². The number of hydrogen-bond donors (Lipinski definition) is 5. The van der Waals surface area contributed by atoms with E-state index in [1.807, 2.05) is 0 Å². The molecule has 0 saturated carbocycles. The first-order valence-corrected chi connectivity index (χ1v) is 7.16. The van der Waals surface area contributed by atoms with Crippen LogP contribution in [0.3, 0.4) is 0 Å². The van der Waals surface area contributed by atoms with Crippen LogP contribution in [0.5, 0.6) is 11.5 Å². The second kappa shape index (κ2) is 5.90. The van der Waals surface area contributed by atoms with Gasteiger partial charge in [-0.25, -0.2) is 9.99 Å². The summed E-state index contributed by atoms with van der Waals surface area (Å²) in [7, 11) is -4.74. The topological polar surface area (TPSA) is 142 Å². The van der Waals surface area contributed by atoms with Crippen molar-refractivity contribution in [2.75, 3.05) is 0 Å². The van der Waals surface area contributed by atoms with Crippen molar-refractivity contribution in [3.8, 4) is 11.5 Å². The van der Waals surface area contributed by atoms with Gasteiger partial charge in [-0.3, -0.25) is 20.4 Å². The van der Waals surface area contributed by atoms with Crippen LogP contribution < -0.4 is 15.8 Å². The van der Waals surface area contributed by atoms with Gasteiger partial charge in [0.2, 0.25) is 0 Å². The predicted molar refractivity (Wildman–Crippen MR) is 70.9 cm³/mol. The second-order valence-electron chi connectivity index (χ2n) is 4.59. The number of phosphoric ester groups is 1. The maximum atomic E-state index is 11.5. The van der Waals surface area contributed by atoms with E-state index in [9.17, 15) is 14.5 Å². The summed E-state index contributed by atoms with van der Waals surface area (Å²) in [6.45, 7) is 2.98. The standard InChI is InChI=1S/C11H17N2O6P/c1-7(14)11(2,13-12)6-8-3-4-10(9(15)5-8)19-20(16,17)18/h3-5,13,15H,6,12H2,1-2H3,(H2,16,17,18)/t11-/m0/s1. The Morgan fingerprint density at radius 1 is 1.50 bits per heavy atom. The molecule has 0 bridgehead atoms. The average molecular weight is 304 g/mol. The molecule has 20 heavy (non-hydrogen) atoms. The average Bonchev–Trinajstić information content (AvgIpc) is 2.31. The molecule has 0 saturated heterocycles. The van der Waals surface area contributed by atoms with Crippen molar-refractivity contribution >= 4 is 13.6 Å². The predicted octanol–water partition coefficient (Wildman–Crippen LogP) is 0.217. The number of nitrogens with two attached hydrogens (primary N) is 1. The van der Waals surface area contributed by atoms with Crippen LogP contribution >= 0.6 is 7.82 Å². The lowest BCUT2D eigenvalue weighted by molar-refractivity contribution is -0.122. The minimum absolute atomic E-state index is 0.185. The summed E-state index contributed by atoms with van der Waals surface area (Å²) >= 11 is 0. The number of hydrazine groups is 1. The Morgan fingerprint density at radius 2 is 2.10 bits per heavy atom. The largest absolute Gasteiger partial charge is 0.524 e. The molecule has 0 heterocycles. The van der Waals surface area contributed by atoms with Crippen molar-refractivity contribution in [3.63, 3.8) is 0 Å². The van der Waals surface area contributed by atoms with Crippen LogP contribution in [0.15, 0.2) is 18.2 Å². The third-order valence-corrected chi connectivity index (χ3v) is 3.33. The van der Waals surface area contributed by atoms with Crippen LogP contribution in [0, 0.1) is 0 Å². The van der Waals surface area contributed by atoms with Gasteiger partial charge in [0.1, 0.15) is 0 Å². The lowest BCUT2D eigenvalue weighted by Crippen LogP contribution is -2.53. The minimum Gasteiger partial charge on any atom is -0.504 e. The molecule has 6 N–H and O–H groups in total. The number of phenolic OH excluding ortho intramolecular Hbond substituents is 1. The third kappa shape index (κ3) is 4.29. The molecule has 112 valence electrons. The summed E-state index contributed by atoms with van der Waals surface area (Å²) < 4.78 is 15.0. The molecule has 0 fully saturated rings. The molecular weight excluding hydrogens is 287 g/mol. The number of ketones is 1. The fourth-order valence-electron chi connectivity index (χ4n) is 1.56. The monoisotopic (exact) mass is 304 g/mol. The number of Topliss-reactive ketones (excluding diaryl/α,β-unsaturated/α-hetero) is 1. The van der Waals surface area contributed by atoms with Crippen LogP contribution in [0.1, 0.15) is 19.4 Å². The molecule has 0 spiro atoms. The van der Waals surface area contributed by atoms with Crippen LogP contribution in [0.4, 0.5) is 0 Å². The Bertz CT molecular complexity index is 558. The molecule has 1 atom stereocenters. The molecule has 0 aliphatic carbocycles. The highest BCUT2D eigenvalue weighted by Gasteiger charge is 2.29. The van der Waals surface area contributed by atoms with E-state index in [0.717, 1.165) is 0 Å². The first-order chi connectivity index (χ1) is 9.07. The molecule has 1 aromatic rings. The number of aromatic hydroxyl groups is 1. The summed E-state index contributed by atoms with van der Waals surface area (Å²) in [6.07, 6.45) is 0.197. The number of phosphoric acid groups is 1. The van der Waals surface area contributed by atoms with Gasteiger partial charge in [0.25, 0.3) is 0 Å². The molecule has 0 unspecified atom stereocenters. The Morgan fingerprint density at radius 3 is 2.50 bits per heavy atom. The molecule has 9 heteroatoms.